The third-order valence-electron chi connectivity index (χ3n) is 6.75. The van der Waals surface area contributed by atoms with E-state index in [1.807, 2.05) is 13.8 Å². The Morgan fingerprint density at radius 2 is 1.60 bits per heavy atom. The van der Waals surface area contributed by atoms with Crippen molar-refractivity contribution >= 4 is 33.0 Å². The van der Waals surface area contributed by atoms with Crippen molar-refractivity contribution in [3.05, 3.63) is 99.1 Å². The summed E-state index contributed by atoms with van der Waals surface area (Å²) in [6, 6.07) is 11.5. The number of nitrogens with zero attached hydrogens (tertiary/aromatic N) is 2. The molecule has 0 aliphatic rings. The summed E-state index contributed by atoms with van der Waals surface area (Å²) in [6.45, 7) is 6.05. The fourth-order valence-corrected chi connectivity index (χ4v) is 6.16. The lowest BCUT2D eigenvalue weighted by Gasteiger charge is -2.27. The van der Waals surface area contributed by atoms with E-state index >= 15 is 4.39 Å². The number of sulfone groups is 1. The molecule has 3 aromatic carbocycles. The fourth-order valence-electron chi connectivity index (χ4n) is 4.56. The highest BCUT2D eigenvalue weighted by molar-refractivity contribution is 7.90. The highest BCUT2D eigenvalue weighted by Crippen LogP contribution is 2.39. The maximum Gasteiger partial charge on any atom is 0.176 e. The first-order valence-corrected chi connectivity index (χ1v) is 14.8. The maximum absolute atomic E-state index is 15.8. The number of aromatic nitrogens is 2. The second-order valence-corrected chi connectivity index (χ2v) is 13.5. The average Bonchev–Trinajstić information content (AvgIpc) is 3.29. The Hall–Kier alpha value is -2.82. The third-order valence-corrected chi connectivity index (χ3v) is 8.46. The van der Waals surface area contributed by atoms with Gasteiger partial charge in [0.05, 0.1) is 22.9 Å². The normalized spacial score (nSPS) is 12.7. The van der Waals surface area contributed by atoms with Crippen LogP contribution in [0.1, 0.15) is 50.3 Å². The predicted octanol–water partition coefficient (Wildman–Crippen LogP) is 6.57. The molecule has 1 heterocycles. The molecule has 0 bridgehead atoms. The molecule has 0 unspecified atom stereocenters. The van der Waals surface area contributed by atoms with Crippen LogP contribution in [0.4, 0.5) is 8.78 Å². The molecule has 4 aromatic rings. The lowest BCUT2D eigenvalue weighted by molar-refractivity contribution is 0.0740. The fraction of sp³-hybridized carbons (Fsp3) is 0.276. The molecule has 6 nitrogen and oxygen atoms in total. The van der Waals surface area contributed by atoms with Crippen molar-refractivity contribution in [2.45, 2.75) is 50.2 Å². The Labute approximate surface area is 241 Å². The molecule has 212 valence electrons. The van der Waals surface area contributed by atoms with Crippen LogP contribution in [0.2, 0.25) is 10.0 Å². The van der Waals surface area contributed by atoms with Crippen LogP contribution in [-0.2, 0) is 27.5 Å². The average molecular weight is 610 g/mol. The van der Waals surface area contributed by atoms with Crippen LogP contribution in [0, 0.1) is 11.6 Å². The van der Waals surface area contributed by atoms with E-state index in [0.29, 0.717) is 27.1 Å². The van der Waals surface area contributed by atoms with Crippen LogP contribution in [0.5, 0.6) is 0 Å². The molecule has 1 aromatic heterocycles. The van der Waals surface area contributed by atoms with Crippen molar-refractivity contribution in [3.63, 3.8) is 0 Å². The van der Waals surface area contributed by atoms with E-state index in [4.69, 9.17) is 23.2 Å². The zero-order valence-electron chi connectivity index (χ0n) is 22.4. The van der Waals surface area contributed by atoms with Crippen LogP contribution in [0.25, 0.3) is 16.8 Å². The van der Waals surface area contributed by atoms with Crippen molar-refractivity contribution in [1.82, 2.24) is 9.55 Å². The molecule has 0 amide bonds. The molecule has 0 radical (unpaired) electrons. The van der Waals surface area contributed by atoms with Gasteiger partial charge < -0.3 is 10.2 Å². The lowest BCUT2D eigenvalue weighted by Crippen LogP contribution is -2.25. The predicted molar refractivity (Wildman–Crippen MR) is 152 cm³/mol. The minimum absolute atomic E-state index is 0.0932. The Balaban J connectivity index is 1.90. The van der Waals surface area contributed by atoms with E-state index in [2.05, 4.69) is 4.98 Å². The van der Waals surface area contributed by atoms with Crippen LogP contribution >= 0.6 is 23.2 Å². The SMILES string of the molecule is CC(C)(O)c1cn(-c2ccc(-c3cc(F)c(CO)c(S(C)(=O)=O)c3)cc2F)c(C(C)(C)c2ccc(Cl)cc2Cl)n1. The largest absolute Gasteiger partial charge is 0.392 e. The molecule has 0 saturated heterocycles. The van der Waals surface area contributed by atoms with E-state index in [-0.39, 0.29) is 27.3 Å². The minimum Gasteiger partial charge on any atom is -0.392 e. The Morgan fingerprint density at radius 1 is 0.950 bits per heavy atom. The number of imidazole rings is 1. The molecule has 2 N–H and O–H groups in total. The van der Waals surface area contributed by atoms with Gasteiger partial charge in [-0.15, -0.1) is 0 Å². The molecular formula is C29H28Cl2F2N2O4S. The second-order valence-electron chi connectivity index (χ2n) is 10.7. The van der Waals surface area contributed by atoms with Gasteiger partial charge in [-0.05, 0) is 80.8 Å². The molecule has 0 aliphatic carbocycles. The topological polar surface area (TPSA) is 92.4 Å². The Bertz CT molecular complexity index is 1730. The second kappa shape index (κ2) is 10.5. The molecular weight excluding hydrogens is 581 g/mol. The van der Waals surface area contributed by atoms with Gasteiger partial charge in [-0.3, -0.25) is 4.57 Å². The van der Waals surface area contributed by atoms with E-state index in [9.17, 15) is 23.0 Å². The molecule has 11 heteroatoms. The molecule has 40 heavy (non-hydrogen) atoms. The smallest absolute Gasteiger partial charge is 0.176 e. The number of aliphatic hydroxyl groups is 2. The first-order chi connectivity index (χ1) is 18.4. The van der Waals surface area contributed by atoms with Crippen LogP contribution in [-0.4, -0.2) is 34.4 Å². The van der Waals surface area contributed by atoms with E-state index in [1.54, 1.807) is 32.0 Å². The summed E-state index contributed by atoms with van der Waals surface area (Å²) in [4.78, 5) is 4.30. The number of aliphatic hydroxyl groups excluding tert-OH is 1. The first-order valence-electron chi connectivity index (χ1n) is 12.2. The Kier molecular flexibility index (Phi) is 7.94. The Morgan fingerprint density at radius 3 is 2.15 bits per heavy atom. The summed E-state index contributed by atoms with van der Waals surface area (Å²) in [5.41, 5.74) is -1.16. The highest BCUT2D eigenvalue weighted by atomic mass is 35.5. The number of halogens is 4. The van der Waals surface area contributed by atoms with Crippen molar-refractivity contribution < 1.29 is 27.4 Å². The first kappa shape index (κ1) is 30.1. The van der Waals surface area contributed by atoms with Crippen molar-refractivity contribution in [1.29, 1.82) is 0 Å². The standard InChI is InChI=1S/C29H28Cl2F2N2O4S/c1-28(2,20-8-7-18(30)13-21(20)31)27-34-26(29(3,4)37)14-35(27)24-9-6-16(10-23(24)33)17-11-22(32)19(15-36)25(12-17)40(5,38)39/h6-14,36-37H,15H2,1-5H3. The summed E-state index contributed by atoms with van der Waals surface area (Å²) in [5, 5.41) is 21.0. The quantitative estimate of drug-likeness (QED) is 0.247. The van der Waals surface area contributed by atoms with Crippen molar-refractivity contribution in [3.8, 4) is 16.8 Å². The number of hydrogen-bond acceptors (Lipinski definition) is 5. The van der Waals surface area contributed by atoms with Gasteiger partial charge in [-0.25, -0.2) is 22.2 Å². The van der Waals surface area contributed by atoms with Crippen molar-refractivity contribution in [2.75, 3.05) is 6.26 Å². The number of rotatable bonds is 7. The zero-order chi connectivity index (χ0) is 29.8. The summed E-state index contributed by atoms with van der Waals surface area (Å²) < 4.78 is 56.5. The number of hydrogen-bond donors (Lipinski definition) is 2. The summed E-state index contributed by atoms with van der Waals surface area (Å²) >= 11 is 12.6. The van der Waals surface area contributed by atoms with Gasteiger partial charge in [-0.2, -0.15) is 0 Å². The summed E-state index contributed by atoms with van der Waals surface area (Å²) in [7, 11) is -3.87. The maximum atomic E-state index is 15.8. The lowest BCUT2D eigenvalue weighted by atomic mass is 9.83. The van der Waals surface area contributed by atoms with Gasteiger partial charge >= 0.3 is 0 Å². The molecule has 0 saturated carbocycles. The molecule has 0 atom stereocenters. The summed E-state index contributed by atoms with van der Waals surface area (Å²) in [5.74, 6) is -1.24. The minimum atomic E-state index is -3.87. The van der Waals surface area contributed by atoms with Gasteiger partial charge in [-0.1, -0.05) is 35.3 Å². The zero-order valence-corrected chi connectivity index (χ0v) is 24.8. The molecule has 0 spiro atoms. The molecule has 0 aliphatic heterocycles. The van der Waals surface area contributed by atoms with E-state index in [0.717, 1.165) is 18.4 Å². The van der Waals surface area contributed by atoms with E-state index in [1.165, 1.54) is 29.0 Å². The van der Waals surface area contributed by atoms with Gasteiger partial charge in [0.1, 0.15) is 23.1 Å². The monoisotopic (exact) mass is 608 g/mol. The van der Waals surface area contributed by atoms with Gasteiger partial charge in [0, 0.05) is 33.5 Å². The van der Waals surface area contributed by atoms with E-state index < -0.39 is 39.1 Å². The third kappa shape index (κ3) is 5.66. The number of benzene rings is 3. The molecule has 4 rings (SSSR count). The molecule has 0 fully saturated rings. The van der Waals surface area contributed by atoms with Crippen molar-refractivity contribution in [2.24, 2.45) is 0 Å². The van der Waals surface area contributed by atoms with Gasteiger partial charge in [0.15, 0.2) is 9.84 Å². The van der Waals surface area contributed by atoms with Gasteiger partial charge in [0.25, 0.3) is 0 Å². The van der Waals surface area contributed by atoms with Crippen LogP contribution < -0.4 is 0 Å². The summed E-state index contributed by atoms with van der Waals surface area (Å²) in [6.07, 6.45) is 2.44. The van der Waals surface area contributed by atoms with Gasteiger partial charge in [0.2, 0.25) is 0 Å². The highest BCUT2D eigenvalue weighted by Gasteiger charge is 2.34. The van der Waals surface area contributed by atoms with Crippen LogP contribution in [0.15, 0.2) is 59.6 Å². The van der Waals surface area contributed by atoms with Crippen LogP contribution in [0.3, 0.4) is 0 Å².